The van der Waals surface area contributed by atoms with Crippen LogP contribution < -0.4 is 0 Å². The predicted octanol–water partition coefficient (Wildman–Crippen LogP) is 2.56. The number of carbonyl (C=O) groups is 1. The normalized spacial score (nSPS) is 26.1. The van der Waals surface area contributed by atoms with Gasteiger partial charge >= 0.3 is 0 Å². The van der Waals surface area contributed by atoms with Crippen molar-refractivity contribution in [3.05, 3.63) is 34.6 Å². The molecule has 0 aromatic heterocycles. The number of rotatable bonds is 2. The Bertz CT molecular complexity index is 534. The van der Waals surface area contributed by atoms with Crippen LogP contribution in [0.3, 0.4) is 0 Å². The third-order valence-corrected chi connectivity index (χ3v) is 4.19. The summed E-state index contributed by atoms with van der Waals surface area (Å²) in [7, 11) is 0. The highest BCUT2D eigenvalue weighted by Crippen LogP contribution is 2.27. The van der Waals surface area contributed by atoms with Crippen molar-refractivity contribution in [2.75, 3.05) is 26.3 Å². The number of hydrogen-bond donors (Lipinski definition) is 0. The zero-order valence-electron chi connectivity index (χ0n) is 11.6. The number of benzene rings is 1. The van der Waals surface area contributed by atoms with Crippen LogP contribution in [-0.2, 0) is 14.3 Å². The van der Waals surface area contributed by atoms with Crippen molar-refractivity contribution in [1.82, 2.24) is 4.90 Å². The summed E-state index contributed by atoms with van der Waals surface area (Å²) in [6, 6.07) is 4.52. The Kier molecular flexibility index (Phi) is 4.42. The molecule has 2 saturated heterocycles. The lowest BCUT2D eigenvalue weighted by Crippen LogP contribution is -2.46. The fourth-order valence-corrected chi connectivity index (χ4v) is 2.93. The fraction of sp³-hybridized carbons (Fsp3) is 0.533. The maximum atomic E-state index is 13.2. The van der Waals surface area contributed by atoms with Crippen LogP contribution in [0.15, 0.2) is 18.2 Å². The molecule has 2 fully saturated rings. The number of nitrogens with zero attached hydrogens (tertiary/aromatic N) is 1. The van der Waals surface area contributed by atoms with Crippen LogP contribution in [0, 0.1) is 5.82 Å². The van der Waals surface area contributed by atoms with Gasteiger partial charge in [-0.2, -0.15) is 0 Å². The average molecular weight is 314 g/mol. The molecule has 0 saturated carbocycles. The van der Waals surface area contributed by atoms with Crippen LogP contribution in [0.25, 0.3) is 0 Å². The van der Waals surface area contributed by atoms with E-state index < -0.39 is 5.82 Å². The first-order chi connectivity index (χ1) is 10.1. The molecule has 0 bridgehead atoms. The summed E-state index contributed by atoms with van der Waals surface area (Å²) >= 11 is 5.80. The molecule has 21 heavy (non-hydrogen) atoms. The minimum atomic E-state index is -0.455. The molecule has 1 aromatic rings. The molecule has 0 radical (unpaired) electrons. The first kappa shape index (κ1) is 14.8. The zero-order chi connectivity index (χ0) is 14.8. The average Bonchev–Trinajstić information content (AvgIpc) is 3.04. The Hall–Kier alpha value is -1.17. The second kappa shape index (κ2) is 6.30. The molecular formula is C15H17ClFNO3. The largest absolute Gasteiger partial charge is 0.370 e. The molecule has 114 valence electrons. The smallest absolute Gasteiger partial charge is 0.251 e. The molecule has 6 heteroatoms. The summed E-state index contributed by atoms with van der Waals surface area (Å²) in [5, 5.41) is 0.0682. The molecule has 2 heterocycles. The first-order valence-electron chi connectivity index (χ1n) is 7.12. The van der Waals surface area contributed by atoms with Gasteiger partial charge in [0.2, 0.25) is 0 Å². The lowest BCUT2D eigenvalue weighted by Gasteiger charge is -2.34. The Balaban J connectivity index is 1.70. The molecule has 4 nitrogen and oxygen atoms in total. The minimum Gasteiger partial charge on any atom is -0.370 e. The van der Waals surface area contributed by atoms with Crippen molar-refractivity contribution in [1.29, 1.82) is 0 Å². The van der Waals surface area contributed by atoms with Crippen molar-refractivity contribution in [3.63, 3.8) is 0 Å². The summed E-state index contributed by atoms with van der Waals surface area (Å²) in [5.74, 6) is -0.433. The van der Waals surface area contributed by atoms with E-state index in [0.717, 1.165) is 18.4 Å². The molecule has 2 aliphatic heterocycles. The summed E-state index contributed by atoms with van der Waals surface area (Å²) in [6.45, 7) is 2.11. The standard InChI is InChI=1S/C15H17ClFNO3/c16-11-8-10(3-4-12(11)17)14-9-18(5-7-21-14)15(19)13-2-1-6-20-13/h3-4,8,13-14H,1-2,5-7,9H2. The molecule has 0 spiro atoms. The molecule has 2 aliphatic rings. The van der Waals surface area contributed by atoms with Crippen LogP contribution in [-0.4, -0.2) is 43.2 Å². The van der Waals surface area contributed by atoms with E-state index in [1.807, 2.05) is 0 Å². The lowest BCUT2D eigenvalue weighted by atomic mass is 10.1. The summed E-state index contributed by atoms with van der Waals surface area (Å²) in [5.41, 5.74) is 0.784. The van der Waals surface area contributed by atoms with Crippen LogP contribution in [0.5, 0.6) is 0 Å². The number of amides is 1. The van der Waals surface area contributed by atoms with Gasteiger partial charge in [0.15, 0.2) is 0 Å². The Morgan fingerprint density at radius 2 is 2.19 bits per heavy atom. The van der Waals surface area contributed by atoms with Gasteiger partial charge in [-0.3, -0.25) is 4.79 Å². The van der Waals surface area contributed by atoms with Crippen molar-refractivity contribution in [2.24, 2.45) is 0 Å². The van der Waals surface area contributed by atoms with Crippen molar-refractivity contribution in [3.8, 4) is 0 Å². The van der Waals surface area contributed by atoms with E-state index in [1.165, 1.54) is 6.07 Å². The molecule has 2 atom stereocenters. The van der Waals surface area contributed by atoms with Crippen LogP contribution in [0.2, 0.25) is 5.02 Å². The van der Waals surface area contributed by atoms with E-state index in [2.05, 4.69) is 0 Å². The van der Waals surface area contributed by atoms with Crippen molar-refractivity contribution < 1.29 is 18.7 Å². The Morgan fingerprint density at radius 3 is 2.90 bits per heavy atom. The van der Waals surface area contributed by atoms with E-state index in [-0.39, 0.29) is 23.1 Å². The molecule has 1 amide bonds. The van der Waals surface area contributed by atoms with Gasteiger partial charge < -0.3 is 14.4 Å². The van der Waals surface area contributed by atoms with Crippen molar-refractivity contribution >= 4 is 17.5 Å². The third-order valence-electron chi connectivity index (χ3n) is 3.90. The third kappa shape index (κ3) is 3.20. The summed E-state index contributed by atoms with van der Waals surface area (Å²) < 4.78 is 24.3. The molecule has 0 N–H and O–H groups in total. The number of halogens is 2. The van der Waals surface area contributed by atoms with Crippen LogP contribution >= 0.6 is 11.6 Å². The monoisotopic (exact) mass is 313 g/mol. The second-order valence-corrected chi connectivity index (χ2v) is 5.73. The van der Waals surface area contributed by atoms with E-state index in [4.69, 9.17) is 21.1 Å². The SMILES string of the molecule is O=C(C1CCCO1)N1CCOC(c2ccc(F)c(Cl)c2)C1. The molecular weight excluding hydrogens is 297 g/mol. The summed E-state index contributed by atoms with van der Waals surface area (Å²) in [4.78, 5) is 14.1. The van der Waals surface area contributed by atoms with Crippen molar-refractivity contribution in [2.45, 2.75) is 25.0 Å². The number of carbonyl (C=O) groups excluding carboxylic acids is 1. The second-order valence-electron chi connectivity index (χ2n) is 5.32. The number of hydrogen-bond acceptors (Lipinski definition) is 3. The van der Waals surface area contributed by atoms with E-state index in [9.17, 15) is 9.18 Å². The number of morpholine rings is 1. The van der Waals surface area contributed by atoms with Gasteiger partial charge in [-0.1, -0.05) is 17.7 Å². The molecule has 2 unspecified atom stereocenters. The van der Waals surface area contributed by atoms with Crippen LogP contribution in [0.1, 0.15) is 24.5 Å². The van der Waals surface area contributed by atoms with E-state index in [1.54, 1.807) is 17.0 Å². The topological polar surface area (TPSA) is 38.8 Å². The fourth-order valence-electron chi connectivity index (χ4n) is 2.74. The van der Waals surface area contributed by atoms with Gasteiger partial charge in [0.25, 0.3) is 5.91 Å². The molecule has 1 aromatic carbocycles. The van der Waals surface area contributed by atoms with Gasteiger partial charge in [0.1, 0.15) is 18.0 Å². The Labute approximate surface area is 127 Å². The van der Waals surface area contributed by atoms with Gasteiger partial charge in [-0.05, 0) is 30.5 Å². The van der Waals surface area contributed by atoms with Crippen LogP contribution in [0.4, 0.5) is 4.39 Å². The van der Waals surface area contributed by atoms with E-state index >= 15 is 0 Å². The van der Waals surface area contributed by atoms with E-state index in [0.29, 0.717) is 26.3 Å². The minimum absolute atomic E-state index is 0.0222. The number of ether oxygens (including phenoxy) is 2. The highest BCUT2D eigenvalue weighted by molar-refractivity contribution is 6.30. The Morgan fingerprint density at radius 1 is 1.33 bits per heavy atom. The maximum Gasteiger partial charge on any atom is 0.251 e. The highest BCUT2D eigenvalue weighted by Gasteiger charge is 2.32. The maximum absolute atomic E-state index is 13.2. The lowest BCUT2D eigenvalue weighted by molar-refractivity contribution is -0.148. The molecule has 3 rings (SSSR count). The quantitative estimate of drug-likeness (QED) is 0.842. The van der Waals surface area contributed by atoms with Gasteiger partial charge in [0, 0.05) is 13.2 Å². The first-order valence-corrected chi connectivity index (χ1v) is 7.50. The van der Waals surface area contributed by atoms with Gasteiger partial charge in [-0.15, -0.1) is 0 Å². The predicted molar refractivity (Wildman–Crippen MR) is 75.7 cm³/mol. The highest BCUT2D eigenvalue weighted by atomic mass is 35.5. The molecule has 0 aliphatic carbocycles. The van der Waals surface area contributed by atoms with Gasteiger partial charge in [0.05, 0.1) is 18.2 Å². The zero-order valence-corrected chi connectivity index (χ0v) is 12.3. The van der Waals surface area contributed by atoms with Gasteiger partial charge in [-0.25, -0.2) is 4.39 Å². The summed E-state index contributed by atoms with van der Waals surface area (Å²) in [6.07, 6.45) is 1.11.